The van der Waals surface area contributed by atoms with E-state index in [1.165, 1.54) is 5.56 Å². The predicted octanol–water partition coefficient (Wildman–Crippen LogP) is 0.574. The average molecular weight is 248 g/mol. The second kappa shape index (κ2) is 4.72. The van der Waals surface area contributed by atoms with Crippen LogP contribution in [0.25, 0.3) is 0 Å². The summed E-state index contributed by atoms with van der Waals surface area (Å²) >= 11 is 0. The summed E-state index contributed by atoms with van der Waals surface area (Å²) in [6, 6.07) is 0.351. The van der Waals surface area contributed by atoms with Gasteiger partial charge in [0.1, 0.15) is 0 Å². The van der Waals surface area contributed by atoms with Crippen LogP contribution in [0, 0.1) is 12.8 Å². The Balaban J connectivity index is 1.66. The molecule has 0 radical (unpaired) electrons. The Morgan fingerprint density at radius 3 is 2.94 bits per heavy atom. The fraction of sp³-hybridized carbons (Fsp3) is 0.692. The van der Waals surface area contributed by atoms with Crippen LogP contribution < -0.4 is 5.32 Å². The Hall–Kier alpha value is -1.36. The minimum Gasteiger partial charge on any atom is -0.340 e. The van der Waals surface area contributed by atoms with Crippen molar-refractivity contribution in [2.24, 2.45) is 5.92 Å². The van der Waals surface area contributed by atoms with Gasteiger partial charge >= 0.3 is 0 Å². The smallest absolute Gasteiger partial charge is 0.228 e. The normalized spacial score (nSPS) is 24.9. The van der Waals surface area contributed by atoms with Gasteiger partial charge in [-0.05, 0) is 25.3 Å². The number of carbonyl (C=O) groups is 1. The zero-order chi connectivity index (χ0) is 12.5. The number of aromatic nitrogens is 2. The molecule has 98 valence electrons. The van der Waals surface area contributed by atoms with Crippen LogP contribution in [0.2, 0.25) is 0 Å². The Morgan fingerprint density at radius 1 is 1.50 bits per heavy atom. The zero-order valence-corrected chi connectivity index (χ0v) is 10.8. The molecule has 18 heavy (non-hydrogen) atoms. The Kier molecular flexibility index (Phi) is 3.07. The van der Waals surface area contributed by atoms with Gasteiger partial charge in [0.15, 0.2) is 0 Å². The lowest BCUT2D eigenvalue weighted by Gasteiger charge is -2.37. The second-order valence-corrected chi connectivity index (χ2v) is 5.43. The molecule has 1 atom stereocenters. The van der Waals surface area contributed by atoms with Crippen LogP contribution in [0.15, 0.2) is 12.4 Å². The number of rotatable bonds is 2. The molecule has 0 saturated carbocycles. The van der Waals surface area contributed by atoms with Crippen molar-refractivity contribution in [1.29, 1.82) is 0 Å². The molecule has 2 aliphatic rings. The molecule has 0 bridgehead atoms. The number of hydrogen-bond donors (Lipinski definition) is 1. The molecule has 1 N–H and O–H groups in total. The third-order valence-corrected chi connectivity index (χ3v) is 3.94. The van der Waals surface area contributed by atoms with Crippen LogP contribution in [0.5, 0.6) is 0 Å². The van der Waals surface area contributed by atoms with Gasteiger partial charge in [0, 0.05) is 32.4 Å². The molecule has 1 amide bonds. The highest BCUT2D eigenvalue weighted by molar-refractivity contribution is 5.80. The highest BCUT2D eigenvalue weighted by atomic mass is 16.2. The van der Waals surface area contributed by atoms with Gasteiger partial charge in [0.25, 0.3) is 0 Å². The van der Waals surface area contributed by atoms with Crippen molar-refractivity contribution in [2.75, 3.05) is 26.2 Å². The minimum atomic E-state index is 0.211. The summed E-state index contributed by atoms with van der Waals surface area (Å²) < 4.78 is 2.02. The summed E-state index contributed by atoms with van der Waals surface area (Å²) in [7, 11) is 0. The summed E-state index contributed by atoms with van der Waals surface area (Å²) in [4.78, 5) is 14.2. The maximum Gasteiger partial charge on any atom is 0.228 e. The Labute approximate surface area is 107 Å². The molecular weight excluding hydrogens is 228 g/mol. The van der Waals surface area contributed by atoms with Gasteiger partial charge in [0.05, 0.1) is 18.2 Å². The van der Waals surface area contributed by atoms with E-state index in [0.717, 1.165) is 39.0 Å². The molecule has 2 aliphatic heterocycles. The van der Waals surface area contributed by atoms with E-state index < -0.39 is 0 Å². The molecule has 2 saturated heterocycles. The third-order valence-electron chi connectivity index (χ3n) is 3.94. The molecule has 3 heterocycles. The number of piperidine rings is 1. The highest BCUT2D eigenvalue weighted by Crippen LogP contribution is 2.23. The topological polar surface area (TPSA) is 50.2 Å². The molecule has 5 nitrogen and oxygen atoms in total. The first-order valence-corrected chi connectivity index (χ1v) is 6.74. The molecule has 1 aromatic rings. The number of aryl methyl sites for hydroxylation is 1. The number of likely N-dealkylation sites (tertiary alicyclic amines) is 1. The summed E-state index contributed by atoms with van der Waals surface area (Å²) in [5.41, 5.74) is 1.18. The van der Waals surface area contributed by atoms with Crippen molar-refractivity contribution in [3.63, 3.8) is 0 Å². The van der Waals surface area contributed by atoms with Gasteiger partial charge in [-0.15, -0.1) is 0 Å². The molecule has 0 aliphatic carbocycles. The van der Waals surface area contributed by atoms with Gasteiger partial charge in [-0.3, -0.25) is 9.48 Å². The summed E-state index contributed by atoms with van der Waals surface area (Å²) in [5, 5.41) is 7.54. The lowest BCUT2D eigenvalue weighted by Crippen LogP contribution is -2.54. The number of carbonyl (C=O) groups excluding carboxylic acids is 1. The van der Waals surface area contributed by atoms with E-state index in [9.17, 15) is 4.79 Å². The SMILES string of the molecule is Cc1cnn(C2CCCN(C(=O)C3CNC3)C2)c1. The van der Waals surface area contributed by atoms with Crippen LogP contribution in [0.1, 0.15) is 24.4 Å². The molecular formula is C13H20N4O. The minimum absolute atomic E-state index is 0.211. The van der Waals surface area contributed by atoms with Crippen LogP contribution in [-0.4, -0.2) is 46.8 Å². The van der Waals surface area contributed by atoms with Crippen molar-refractivity contribution in [2.45, 2.75) is 25.8 Å². The van der Waals surface area contributed by atoms with Gasteiger partial charge < -0.3 is 10.2 Å². The maximum absolute atomic E-state index is 12.2. The predicted molar refractivity (Wildman–Crippen MR) is 68.2 cm³/mol. The van der Waals surface area contributed by atoms with E-state index in [1.54, 1.807) is 0 Å². The van der Waals surface area contributed by atoms with Gasteiger partial charge in [-0.2, -0.15) is 5.10 Å². The number of nitrogens with one attached hydrogen (secondary N) is 1. The van der Waals surface area contributed by atoms with Gasteiger partial charge in [0.2, 0.25) is 5.91 Å². The first kappa shape index (κ1) is 11.7. The quantitative estimate of drug-likeness (QED) is 0.832. The van der Waals surface area contributed by atoms with Crippen molar-refractivity contribution in [1.82, 2.24) is 20.0 Å². The first-order chi connectivity index (χ1) is 8.74. The van der Waals surface area contributed by atoms with E-state index in [0.29, 0.717) is 11.9 Å². The molecule has 5 heteroatoms. The zero-order valence-electron chi connectivity index (χ0n) is 10.8. The van der Waals surface area contributed by atoms with Crippen LogP contribution in [-0.2, 0) is 4.79 Å². The second-order valence-electron chi connectivity index (χ2n) is 5.43. The van der Waals surface area contributed by atoms with Gasteiger partial charge in [-0.25, -0.2) is 0 Å². The highest BCUT2D eigenvalue weighted by Gasteiger charge is 2.32. The van der Waals surface area contributed by atoms with E-state index >= 15 is 0 Å². The number of nitrogens with zero attached hydrogens (tertiary/aromatic N) is 3. The third kappa shape index (κ3) is 2.14. The molecule has 1 aromatic heterocycles. The summed E-state index contributed by atoms with van der Waals surface area (Å²) in [6.07, 6.45) is 6.16. The largest absolute Gasteiger partial charge is 0.340 e. The van der Waals surface area contributed by atoms with E-state index in [1.807, 2.05) is 15.8 Å². The number of amides is 1. The van der Waals surface area contributed by atoms with Crippen molar-refractivity contribution in [3.8, 4) is 0 Å². The van der Waals surface area contributed by atoms with E-state index in [2.05, 4.69) is 23.5 Å². The Morgan fingerprint density at radius 2 is 2.33 bits per heavy atom. The van der Waals surface area contributed by atoms with Gasteiger partial charge in [-0.1, -0.05) is 0 Å². The average Bonchev–Trinajstić information content (AvgIpc) is 2.74. The summed E-state index contributed by atoms with van der Waals surface area (Å²) in [5.74, 6) is 0.533. The fourth-order valence-corrected chi connectivity index (χ4v) is 2.73. The van der Waals surface area contributed by atoms with Crippen molar-refractivity contribution < 1.29 is 4.79 Å². The maximum atomic E-state index is 12.2. The molecule has 0 aromatic carbocycles. The standard InChI is InChI=1S/C13H20N4O/c1-10-5-15-17(8-10)12-3-2-4-16(9-12)13(18)11-6-14-7-11/h5,8,11-12,14H,2-4,6-7,9H2,1H3. The van der Waals surface area contributed by atoms with Crippen molar-refractivity contribution in [3.05, 3.63) is 18.0 Å². The molecule has 0 spiro atoms. The lowest BCUT2D eigenvalue weighted by atomic mass is 9.98. The monoisotopic (exact) mass is 248 g/mol. The van der Waals surface area contributed by atoms with Crippen LogP contribution in [0.3, 0.4) is 0 Å². The van der Waals surface area contributed by atoms with Crippen molar-refractivity contribution >= 4 is 5.91 Å². The molecule has 2 fully saturated rings. The molecule has 1 unspecified atom stereocenters. The van der Waals surface area contributed by atoms with E-state index in [4.69, 9.17) is 0 Å². The van der Waals surface area contributed by atoms with E-state index in [-0.39, 0.29) is 5.92 Å². The Bertz CT molecular complexity index is 438. The number of hydrogen-bond acceptors (Lipinski definition) is 3. The lowest BCUT2D eigenvalue weighted by molar-refractivity contribution is -0.138. The van der Waals surface area contributed by atoms with Crippen LogP contribution in [0.4, 0.5) is 0 Å². The van der Waals surface area contributed by atoms with Crippen LogP contribution >= 0.6 is 0 Å². The fourth-order valence-electron chi connectivity index (χ4n) is 2.73. The summed E-state index contributed by atoms with van der Waals surface area (Å²) in [6.45, 7) is 5.47. The first-order valence-electron chi connectivity index (χ1n) is 6.74. The molecule has 3 rings (SSSR count).